The summed E-state index contributed by atoms with van der Waals surface area (Å²) in [5.41, 5.74) is 1.68. The number of rotatable bonds is 4. The van der Waals surface area contributed by atoms with Gasteiger partial charge in [0.15, 0.2) is 0 Å². The summed E-state index contributed by atoms with van der Waals surface area (Å²) >= 11 is 1.60. The maximum Gasteiger partial charge on any atom is 0.269 e. The fourth-order valence-electron chi connectivity index (χ4n) is 2.21. The molecule has 0 bridgehead atoms. The predicted molar refractivity (Wildman–Crippen MR) is 83.9 cm³/mol. The van der Waals surface area contributed by atoms with Crippen molar-refractivity contribution in [3.8, 4) is 0 Å². The zero-order valence-corrected chi connectivity index (χ0v) is 12.1. The van der Waals surface area contributed by atoms with Gasteiger partial charge in [0.25, 0.3) is 5.56 Å². The zero-order valence-electron chi connectivity index (χ0n) is 11.3. The molecule has 1 aliphatic rings. The van der Waals surface area contributed by atoms with Crippen molar-refractivity contribution in [3.05, 3.63) is 51.9 Å². The van der Waals surface area contributed by atoms with Gasteiger partial charge in [-0.1, -0.05) is 12.1 Å². The monoisotopic (exact) mass is 298 g/mol. The van der Waals surface area contributed by atoms with E-state index in [0.29, 0.717) is 12.6 Å². The van der Waals surface area contributed by atoms with Crippen molar-refractivity contribution in [1.82, 2.24) is 14.8 Å². The van der Waals surface area contributed by atoms with Crippen LogP contribution in [0.15, 0.2) is 41.3 Å². The summed E-state index contributed by atoms with van der Waals surface area (Å²) in [5, 5.41) is 8.41. The van der Waals surface area contributed by atoms with Crippen LogP contribution in [0.1, 0.15) is 17.8 Å². The third kappa shape index (κ3) is 2.67. The predicted octanol–water partition coefficient (Wildman–Crippen LogP) is 2.48. The van der Waals surface area contributed by atoms with E-state index in [1.807, 2.05) is 24.3 Å². The van der Waals surface area contributed by atoms with Crippen LogP contribution < -0.4 is 10.9 Å². The number of nitrogens with one attached hydrogen (secondary N) is 1. The number of para-hydroxylation sites is 1. The van der Waals surface area contributed by atoms with Gasteiger partial charge in [-0.2, -0.15) is 5.10 Å². The van der Waals surface area contributed by atoms with E-state index in [9.17, 15) is 4.79 Å². The molecule has 0 radical (unpaired) electrons. The molecule has 0 atom stereocenters. The lowest BCUT2D eigenvalue weighted by atomic mass is 10.3. The third-order valence-corrected chi connectivity index (χ3v) is 4.46. The molecule has 2 heterocycles. The van der Waals surface area contributed by atoms with Gasteiger partial charge in [-0.3, -0.25) is 4.79 Å². The Bertz CT molecular complexity index is 817. The lowest BCUT2D eigenvalue weighted by Crippen LogP contribution is -2.23. The molecule has 0 spiro atoms. The molecular formula is C15H14N4OS. The average molecular weight is 298 g/mol. The second kappa shape index (κ2) is 4.96. The molecular weight excluding hydrogens is 284 g/mol. The second-order valence-electron chi connectivity index (χ2n) is 5.23. The summed E-state index contributed by atoms with van der Waals surface area (Å²) in [5.74, 6) is 0. The van der Waals surface area contributed by atoms with E-state index in [2.05, 4.69) is 15.4 Å². The third-order valence-electron chi connectivity index (χ3n) is 3.44. The number of nitrogens with zero attached hydrogens (tertiary/aromatic N) is 3. The number of aromatic nitrogens is 3. The highest BCUT2D eigenvalue weighted by molar-refractivity contribution is 7.18. The molecule has 1 aliphatic carbocycles. The van der Waals surface area contributed by atoms with E-state index >= 15 is 0 Å². The number of fused-ring (bicyclic) bond motifs is 1. The number of benzene rings is 1. The molecule has 0 amide bonds. The molecule has 21 heavy (non-hydrogen) atoms. The normalized spacial score (nSPS) is 14.5. The Balaban J connectivity index is 1.59. The van der Waals surface area contributed by atoms with Crippen LogP contribution in [-0.4, -0.2) is 20.8 Å². The molecule has 1 fully saturated rings. The Morgan fingerprint density at radius 2 is 2.19 bits per heavy atom. The average Bonchev–Trinajstić information content (AvgIpc) is 3.18. The minimum Gasteiger partial charge on any atom is -0.381 e. The second-order valence-corrected chi connectivity index (χ2v) is 6.35. The van der Waals surface area contributed by atoms with Crippen LogP contribution >= 0.6 is 11.3 Å². The van der Waals surface area contributed by atoms with Crippen molar-refractivity contribution < 1.29 is 0 Å². The fraction of sp³-hybridized carbons (Fsp3) is 0.267. The van der Waals surface area contributed by atoms with Crippen LogP contribution in [-0.2, 0) is 6.54 Å². The molecule has 4 rings (SSSR count). The fourth-order valence-corrected chi connectivity index (χ4v) is 3.16. The lowest BCUT2D eigenvalue weighted by molar-refractivity contribution is 0.637. The first kappa shape index (κ1) is 12.5. The molecule has 0 saturated heterocycles. The van der Waals surface area contributed by atoms with Gasteiger partial charge in [-0.15, -0.1) is 11.3 Å². The summed E-state index contributed by atoms with van der Waals surface area (Å²) in [7, 11) is 0. The minimum absolute atomic E-state index is 0.0973. The van der Waals surface area contributed by atoms with Crippen molar-refractivity contribution >= 4 is 27.2 Å². The minimum atomic E-state index is -0.0973. The SMILES string of the molecule is O=c1cc(NC2CC2)cnn1Cc1nc2ccccc2s1. The number of hydrogen-bond acceptors (Lipinski definition) is 5. The van der Waals surface area contributed by atoms with Gasteiger partial charge in [0.1, 0.15) is 5.01 Å². The largest absolute Gasteiger partial charge is 0.381 e. The number of hydrogen-bond donors (Lipinski definition) is 1. The Hall–Kier alpha value is -2.21. The molecule has 0 aliphatic heterocycles. The summed E-state index contributed by atoms with van der Waals surface area (Å²) in [6.07, 6.45) is 4.07. The number of thiazole rings is 1. The molecule has 1 N–H and O–H groups in total. The van der Waals surface area contributed by atoms with Crippen molar-refractivity contribution in [3.63, 3.8) is 0 Å². The first-order valence-electron chi connectivity index (χ1n) is 6.96. The van der Waals surface area contributed by atoms with Gasteiger partial charge in [0, 0.05) is 12.1 Å². The lowest BCUT2D eigenvalue weighted by Gasteiger charge is -2.05. The van der Waals surface area contributed by atoms with Gasteiger partial charge in [0.2, 0.25) is 0 Å². The van der Waals surface area contributed by atoms with Gasteiger partial charge in [-0.25, -0.2) is 9.67 Å². The quantitative estimate of drug-likeness (QED) is 0.804. The molecule has 1 saturated carbocycles. The molecule has 3 aromatic rings. The highest BCUT2D eigenvalue weighted by Gasteiger charge is 2.21. The highest BCUT2D eigenvalue weighted by atomic mass is 32.1. The van der Waals surface area contributed by atoms with Gasteiger partial charge in [-0.05, 0) is 25.0 Å². The van der Waals surface area contributed by atoms with Crippen molar-refractivity contribution in [2.24, 2.45) is 0 Å². The van der Waals surface area contributed by atoms with E-state index < -0.39 is 0 Å². The Labute approximate surface area is 125 Å². The van der Waals surface area contributed by atoms with Crippen LogP contribution in [0.2, 0.25) is 0 Å². The van der Waals surface area contributed by atoms with Crippen LogP contribution in [0.25, 0.3) is 10.2 Å². The van der Waals surface area contributed by atoms with Gasteiger partial charge in [0.05, 0.1) is 28.6 Å². The van der Waals surface area contributed by atoms with Crippen LogP contribution in [0, 0.1) is 0 Å². The first-order valence-corrected chi connectivity index (χ1v) is 7.78. The van der Waals surface area contributed by atoms with Crippen LogP contribution in [0.4, 0.5) is 5.69 Å². The maximum absolute atomic E-state index is 12.1. The van der Waals surface area contributed by atoms with E-state index in [0.717, 1.165) is 20.9 Å². The molecule has 106 valence electrons. The summed E-state index contributed by atoms with van der Waals surface area (Å²) < 4.78 is 2.59. The maximum atomic E-state index is 12.1. The Morgan fingerprint density at radius 3 is 2.95 bits per heavy atom. The smallest absolute Gasteiger partial charge is 0.269 e. The van der Waals surface area contributed by atoms with E-state index in [1.165, 1.54) is 17.5 Å². The van der Waals surface area contributed by atoms with Crippen molar-refractivity contribution in [2.45, 2.75) is 25.4 Å². The molecule has 2 aromatic heterocycles. The van der Waals surface area contributed by atoms with Crippen LogP contribution in [0.3, 0.4) is 0 Å². The van der Waals surface area contributed by atoms with Crippen molar-refractivity contribution in [2.75, 3.05) is 5.32 Å². The molecule has 5 nitrogen and oxygen atoms in total. The zero-order chi connectivity index (χ0) is 14.2. The highest BCUT2D eigenvalue weighted by Crippen LogP contribution is 2.24. The molecule has 1 aromatic carbocycles. The van der Waals surface area contributed by atoms with Gasteiger partial charge < -0.3 is 5.32 Å². The van der Waals surface area contributed by atoms with E-state index in [-0.39, 0.29) is 5.56 Å². The Kier molecular flexibility index (Phi) is 2.96. The molecule has 0 unspecified atom stereocenters. The standard InChI is InChI=1S/C15H14N4OS/c20-15-7-11(17-10-5-6-10)8-16-19(15)9-14-18-12-3-1-2-4-13(12)21-14/h1-4,7-8,10,17H,5-6,9H2. The van der Waals surface area contributed by atoms with Crippen LogP contribution in [0.5, 0.6) is 0 Å². The number of anilines is 1. The van der Waals surface area contributed by atoms with Crippen molar-refractivity contribution in [1.29, 1.82) is 0 Å². The first-order chi connectivity index (χ1) is 10.3. The molecule has 6 heteroatoms. The summed E-state index contributed by atoms with van der Waals surface area (Å²) in [4.78, 5) is 16.6. The van der Waals surface area contributed by atoms with E-state index in [1.54, 1.807) is 23.6 Å². The topological polar surface area (TPSA) is 59.8 Å². The van der Waals surface area contributed by atoms with E-state index in [4.69, 9.17) is 0 Å². The Morgan fingerprint density at radius 1 is 1.33 bits per heavy atom. The summed E-state index contributed by atoms with van der Waals surface area (Å²) in [6.45, 7) is 0.419. The summed E-state index contributed by atoms with van der Waals surface area (Å²) in [6, 6.07) is 10.1. The van der Waals surface area contributed by atoms with Gasteiger partial charge >= 0.3 is 0 Å².